The normalized spacial score (nSPS) is 14.9. The lowest BCUT2D eigenvalue weighted by Gasteiger charge is -2.31. The number of ether oxygens (including phenoxy) is 2. The molecule has 11 nitrogen and oxygen atoms in total. The molecule has 2 N–H and O–H groups in total. The molecule has 0 saturated carbocycles. The molecule has 0 unspecified atom stereocenters. The van der Waals surface area contributed by atoms with Gasteiger partial charge in [-0.1, -0.05) is 44.2 Å². The van der Waals surface area contributed by atoms with E-state index in [-0.39, 0.29) is 25.0 Å². The molecule has 228 valence electrons. The number of hydrogen-bond acceptors (Lipinski definition) is 10. The SMILES string of the molecule is CC(C)CN(C[C@@H](O)[C@H](Cc1ccccc1)NC(=O)OCc1cncs1)C(=O)c1ccc2nc(N3CCOCC3)oc2c1. The van der Waals surface area contributed by atoms with E-state index in [9.17, 15) is 14.7 Å². The quantitative estimate of drug-likeness (QED) is 0.244. The smallest absolute Gasteiger partial charge is 0.407 e. The predicted molar refractivity (Wildman–Crippen MR) is 163 cm³/mol. The maximum absolute atomic E-state index is 13.8. The first kappa shape index (κ1) is 30.5. The summed E-state index contributed by atoms with van der Waals surface area (Å²) in [6.07, 6.45) is 0.279. The van der Waals surface area contributed by atoms with Crippen molar-refractivity contribution in [2.24, 2.45) is 5.92 Å². The minimum absolute atomic E-state index is 0.0110. The fourth-order valence-corrected chi connectivity index (χ4v) is 5.45. The van der Waals surface area contributed by atoms with Crippen LogP contribution in [0.15, 0.2) is 64.7 Å². The Kier molecular flexibility index (Phi) is 10.2. The molecular formula is C31H37N5O6S. The lowest BCUT2D eigenvalue weighted by atomic mass is 10.00. The Morgan fingerprint density at radius 2 is 1.93 bits per heavy atom. The summed E-state index contributed by atoms with van der Waals surface area (Å²) in [4.78, 5) is 39.6. The van der Waals surface area contributed by atoms with E-state index in [1.54, 1.807) is 34.8 Å². The van der Waals surface area contributed by atoms with Crippen molar-refractivity contribution in [1.29, 1.82) is 0 Å². The second-order valence-corrected chi connectivity index (χ2v) is 11.9. The second kappa shape index (κ2) is 14.5. The van der Waals surface area contributed by atoms with Gasteiger partial charge in [-0.05, 0) is 36.1 Å². The van der Waals surface area contributed by atoms with Crippen LogP contribution >= 0.6 is 11.3 Å². The molecule has 0 bridgehead atoms. The van der Waals surface area contributed by atoms with Crippen LogP contribution in [0.2, 0.25) is 0 Å². The number of hydrogen-bond donors (Lipinski definition) is 2. The van der Waals surface area contributed by atoms with Crippen molar-refractivity contribution in [3.05, 3.63) is 76.2 Å². The number of carbonyl (C=O) groups excluding carboxylic acids is 2. The Hall–Kier alpha value is -4.00. The zero-order valence-electron chi connectivity index (χ0n) is 24.3. The molecule has 0 spiro atoms. The van der Waals surface area contributed by atoms with E-state index in [1.165, 1.54) is 11.3 Å². The fourth-order valence-electron chi connectivity index (χ4n) is 4.95. The lowest BCUT2D eigenvalue weighted by molar-refractivity contribution is 0.0494. The number of amides is 2. The summed E-state index contributed by atoms with van der Waals surface area (Å²) in [5.74, 6) is -0.104. The third kappa shape index (κ3) is 8.31. The van der Waals surface area contributed by atoms with Gasteiger partial charge in [-0.15, -0.1) is 11.3 Å². The molecule has 1 saturated heterocycles. The largest absolute Gasteiger partial charge is 0.444 e. The highest BCUT2D eigenvalue weighted by molar-refractivity contribution is 7.09. The summed E-state index contributed by atoms with van der Waals surface area (Å²) < 4.78 is 16.8. The number of rotatable bonds is 12. The average molecular weight is 608 g/mol. The van der Waals surface area contributed by atoms with Crippen LogP contribution in [0.1, 0.15) is 34.6 Å². The van der Waals surface area contributed by atoms with E-state index in [4.69, 9.17) is 13.9 Å². The van der Waals surface area contributed by atoms with E-state index < -0.39 is 18.2 Å². The Morgan fingerprint density at radius 1 is 1.14 bits per heavy atom. The number of oxazole rings is 1. The van der Waals surface area contributed by atoms with Crippen molar-refractivity contribution < 1.29 is 28.6 Å². The number of nitrogens with zero attached hydrogens (tertiary/aromatic N) is 4. The second-order valence-electron chi connectivity index (χ2n) is 10.9. The van der Waals surface area contributed by atoms with Gasteiger partial charge >= 0.3 is 6.09 Å². The fraction of sp³-hybridized carbons (Fsp3) is 0.419. The van der Waals surface area contributed by atoms with Crippen molar-refractivity contribution in [2.75, 3.05) is 44.3 Å². The van der Waals surface area contributed by atoms with Crippen molar-refractivity contribution >= 4 is 40.5 Å². The van der Waals surface area contributed by atoms with Gasteiger partial charge in [-0.2, -0.15) is 4.98 Å². The molecule has 1 fully saturated rings. The number of aromatic nitrogens is 2. The number of nitrogens with one attached hydrogen (secondary N) is 1. The zero-order chi connectivity index (χ0) is 30.2. The van der Waals surface area contributed by atoms with Crippen molar-refractivity contribution in [2.45, 2.75) is 39.0 Å². The van der Waals surface area contributed by atoms with Crippen molar-refractivity contribution in [3.63, 3.8) is 0 Å². The summed E-state index contributed by atoms with van der Waals surface area (Å²) in [6.45, 7) is 7.13. The molecule has 2 aromatic carbocycles. The molecule has 1 aliphatic rings. The van der Waals surface area contributed by atoms with Gasteiger partial charge in [0, 0.05) is 37.9 Å². The van der Waals surface area contributed by atoms with E-state index >= 15 is 0 Å². The van der Waals surface area contributed by atoms with Gasteiger partial charge in [-0.25, -0.2) is 4.79 Å². The summed E-state index contributed by atoms with van der Waals surface area (Å²) in [6, 6.07) is 14.6. The van der Waals surface area contributed by atoms with Crippen LogP contribution < -0.4 is 10.2 Å². The number of carbonyl (C=O) groups is 2. The Balaban J connectivity index is 1.31. The van der Waals surface area contributed by atoms with E-state index in [1.807, 2.05) is 49.1 Å². The third-order valence-corrected chi connectivity index (χ3v) is 7.83. The van der Waals surface area contributed by atoms with Gasteiger partial charge in [0.15, 0.2) is 5.58 Å². The number of alkyl carbamates (subject to hydrolysis) is 1. The number of aliphatic hydroxyl groups excluding tert-OH is 1. The molecule has 2 aromatic heterocycles. The molecular weight excluding hydrogens is 570 g/mol. The highest BCUT2D eigenvalue weighted by atomic mass is 32.1. The van der Waals surface area contributed by atoms with Crippen molar-refractivity contribution in [1.82, 2.24) is 20.2 Å². The van der Waals surface area contributed by atoms with Gasteiger partial charge in [0.25, 0.3) is 11.9 Å². The summed E-state index contributed by atoms with van der Waals surface area (Å²) in [5, 5.41) is 14.3. The topological polar surface area (TPSA) is 130 Å². The van der Waals surface area contributed by atoms with Crippen LogP contribution in [-0.2, 0) is 22.5 Å². The van der Waals surface area contributed by atoms with Gasteiger partial charge in [0.05, 0.1) is 35.7 Å². The van der Waals surface area contributed by atoms with Gasteiger partial charge < -0.3 is 34.1 Å². The van der Waals surface area contributed by atoms with E-state index in [0.29, 0.717) is 61.9 Å². The molecule has 4 aromatic rings. The third-order valence-electron chi connectivity index (χ3n) is 7.08. The molecule has 1 aliphatic heterocycles. The van der Waals surface area contributed by atoms with E-state index in [2.05, 4.69) is 15.3 Å². The minimum atomic E-state index is -1.07. The number of benzene rings is 2. The minimum Gasteiger partial charge on any atom is -0.444 e. The molecule has 2 atom stereocenters. The summed E-state index contributed by atoms with van der Waals surface area (Å²) >= 11 is 1.39. The lowest BCUT2D eigenvalue weighted by Crippen LogP contribution is -2.51. The highest BCUT2D eigenvalue weighted by Crippen LogP contribution is 2.24. The van der Waals surface area contributed by atoms with Gasteiger partial charge in [-0.3, -0.25) is 9.78 Å². The Morgan fingerprint density at radius 3 is 2.65 bits per heavy atom. The Bertz CT molecular complexity index is 1470. The average Bonchev–Trinajstić information content (AvgIpc) is 3.69. The number of morpholine rings is 1. The molecule has 43 heavy (non-hydrogen) atoms. The van der Waals surface area contributed by atoms with Crippen LogP contribution in [0, 0.1) is 5.92 Å². The first-order chi connectivity index (χ1) is 20.9. The Labute approximate surface area is 254 Å². The van der Waals surface area contributed by atoms with Crippen molar-refractivity contribution in [3.8, 4) is 0 Å². The standard InChI is InChI=1S/C31H37N5O6S/c1-21(2)17-36(29(38)23-8-9-25-28(15-23)42-30(33-25)35-10-12-40-13-11-35)18-27(37)26(14-22-6-4-3-5-7-22)34-31(39)41-19-24-16-32-20-43-24/h3-9,15-16,20-21,26-27,37H,10-14,17-19H2,1-2H3,(H,34,39)/t26-,27+/m0/s1. The highest BCUT2D eigenvalue weighted by Gasteiger charge is 2.28. The molecule has 3 heterocycles. The monoisotopic (exact) mass is 607 g/mol. The summed E-state index contributed by atoms with van der Waals surface area (Å²) in [7, 11) is 0. The zero-order valence-corrected chi connectivity index (χ0v) is 25.2. The number of anilines is 1. The number of fused-ring (bicyclic) bond motifs is 1. The van der Waals surface area contributed by atoms with Crippen LogP contribution in [0.3, 0.4) is 0 Å². The van der Waals surface area contributed by atoms with Crippen LogP contribution in [0.25, 0.3) is 11.1 Å². The predicted octanol–water partition coefficient (Wildman–Crippen LogP) is 4.12. The van der Waals surface area contributed by atoms with Crippen LogP contribution in [0.4, 0.5) is 10.8 Å². The molecule has 2 amide bonds. The van der Waals surface area contributed by atoms with Crippen LogP contribution in [0.5, 0.6) is 0 Å². The van der Waals surface area contributed by atoms with Gasteiger partial charge in [0.1, 0.15) is 12.1 Å². The first-order valence-electron chi connectivity index (χ1n) is 14.4. The summed E-state index contributed by atoms with van der Waals surface area (Å²) in [5.41, 5.74) is 4.22. The van der Waals surface area contributed by atoms with E-state index in [0.717, 1.165) is 10.4 Å². The van der Waals surface area contributed by atoms with Gasteiger partial charge in [0.2, 0.25) is 0 Å². The number of thiazole rings is 1. The molecule has 0 radical (unpaired) electrons. The molecule has 12 heteroatoms. The molecule has 5 rings (SSSR count). The maximum Gasteiger partial charge on any atom is 0.407 e. The molecule has 0 aliphatic carbocycles. The number of aliphatic hydroxyl groups is 1. The van der Waals surface area contributed by atoms with Crippen LogP contribution in [-0.4, -0.2) is 83.5 Å². The maximum atomic E-state index is 13.8. The first-order valence-corrected chi connectivity index (χ1v) is 15.3.